The molecule has 0 spiro atoms. The molecular weight excluding hydrogens is 480 g/mol. The first-order valence-corrected chi connectivity index (χ1v) is 14.9. The Labute approximate surface area is 229 Å². The predicted molar refractivity (Wildman–Crippen MR) is 148 cm³/mol. The number of benzene rings is 1. The van der Waals surface area contributed by atoms with Crippen LogP contribution in [-0.2, 0) is 30.3 Å². The number of unbranched alkanes of at least 4 members (excludes halogenated alkanes) is 5. The highest BCUT2D eigenvalue weighted by Crippen LogP contribution is 2.42. The lowest BCUT2D eigenvalue weighted by Gasteiger charge is -2.32. The molecule has 7 heteroatoms. The van der Waals surface area contributed by atoms with Crippen molar-refractivity contribution >= 4 is 17.8 Å². The van der Waals surface area contributed by atoms with Gasteiger partial charge >= 0.3 is 11.9 Å². The van der Waals surface area contributed by atoms with Crippen LogP contribution in [0.2, 0.25) is 0 Å². The molecule has 1 saturated heterocycles. The number of esters is 2. The van der Waals surface area contributed by atoms with Gasteiger partial charge in [0.25, 0.3) is 0 Å². The van der Waals surface area contributed by atoms with Crippen LogP contribution in [-0.4, -0.2) is 60.1 Å². The van der Waals surface area contributed by atoms with Crippen LogP contribution in [0.15, 0.2) is 30.3 Å². The number of nitrogens with one attached hydrogen (secondary N) is 1. The first-order chi connectivity index (χ1) is 18.5. The molecule has 7 nitrogen and oxygen atoms in total. The third-order valence-corrected chi connectivity index (χ3v) is 8.06. The van der Waals surface area contributed by atoms with Gasteiger partial charge in [-0.05, 0) is 63.9 Å². The number of fused-ring (bicyclic) bond motifs is 1. The van der Waals surface area contributed by atoms with Crippen molar-refractivity contribution in [3.05, 3.63) is 35.9 Å². The third kappa shape index (κ3) is 8.55. The van der Waals surface area contributed by atoms with Crippen molar-refractivity contribution in [1.29, 1.82) is 0 Å². The van der Waals surface area contributed by atoms with Gasteiger partial charge in [0.05, 0.1) is 19.3 Å². The number of likely N-dealkylation sites (tertiary alicyclic amines) is 1. The fourth-order valence-electron chi connectivity index (χ4n) is 6.03. The van der Waals surface area contributed by atoms with E-state index in [-0.39, 0.29) is 30.5 Å². The van der Waals surface area contributed by atoms with E-state index in [2.05, 4.69) is 12.2 Å². The van der Waals surface area contributed by atoms with Crippen LogP contribution in [0.5, 0.6) is 0 Å². The summed E-state index contributed by atoms with van der Waals surface area (Å²) < 4.78 is 11.0. The van der Waals surface area contributed by atoms with Gasteiger partial charge in [-0.1, -0.05) is 75.8 Å². The fourth-order valence-corrected chi connectivity index (χ4v) is 6.03. The lowest BCUT2D eigenvalue weighted by Crippen LogP contribution is -2.55. The molecule has 2 fully saturated rings. The maximum absolute atomic E-state index is 13.8. The highest BCUT2D eigenvalue weighted by atomic mass is 16.5. The molecular formula is C31H48N2O5. The van der Waals surface area contributed by atoms with Crippen molar-refractivity contribution < 1.29 is 23.9 Å². The van der Waals surface area contributed by atoms with Crippen LogP contribution in [0.4, 0.5) is 0 Å². The standard InChI is InChI=1S/C31H48N2O5/c1-4-6-7-8-9-13-21-38-31(36)28-22-25-17-14-18-27(25)33(28)29(34)23(3)32-26(30(35)37-5-2)20-19-24-15-11-10-12-16-24/h10-12,15-16,23,25-28,32H,4-9,13-14,17-22H2,1-3H3/t23-,25-,26-,27-,28-/m1/s1. The van der Waals surface area contributed by atoms with Crippen LogP contribution in [0, 0.1) is 5.92 Å². The van der Waals surface area contributed by atoms with E-state index >= 15 is 0 Å². The van der Waals surface area contributed by atoms with Crippen molar-refractivity contribution in [3.8, 4) is 0 Å². The fraction of sp³-hybridized carbons (Fsp3) is 0.710. The average Bonchev–Trinajstić information content (AvgIpc) is 3.52. The zero-order valence-electron chi connectivity index (χ0n) is 23.7. The summed E-state index contributed by atoms with van der Waals surface area (Å²) >= 11 is 0. The number of nitrogens with zero attached hydrogens (tertiary/aromatic N) is 1. The molecule has 1 N–H and O–H groups in total. The number of aryl methyl sites for hydroxylation is 1. The van der Waals surface area contributed by atoms with Crippen LogP contribution in [0.1, 0.15) is 97.0 Å². The minimum absolute atomic E-state index is 0.0729. The van der Waals surface area contributed by atoms with Crippen LogP contribution < -0.4 is 5.32 Å². The minimum Gasteiger partial charge on any atom is -0.465 e. The number of hydrogen-bond donors (Lipinski definition) is 1. The largest absolute Gasteiger partial charge is 0.465 e. The summed E-state index contributed by atoms with van der Waals surface area (Å²) in [7, 11) is 0. The molecule has 0 unspecified atom stereocenters. The second-order valence-electron chi connectivity index (χ2n) is 10.9. The Morgan fingerprint density at radius 1 is 1.00 bits per heavy atom. The van der Waals surface area contributed by atoms with E-state index in [9.17, 15) is 14.4 Å². The van der Waals surface area contributed by atoms with Gasteiger partial charge in [0.15, 0.2) is 0 Å². The molecule has 1 heterocycles. The molecule has 212 valence electrons. The third-order valence-electron chi connectivity index (χ3n) is 8.06. The van der Waals surface area contributed by atoms with Gasteiger partial charge in [-0.15, -0.1) is 0 Å². The molecule has 0 radical (unpaired) electrons. The normalized spacial score (nSPS) is 22.1. The number of amides is 1. The van der Waals surface area contributed by atoms with E-state index in [1.807, 2.05) is 30.3 Å². The van der Waals surface area contributed by atoms with Crippen molar-refractivity contribution in [3.63, 3.8) is 0 Å². The molecule has 0 bridgehead atoms. The van der Waals surface area contributed by atoms with E-state index in [1.54, 1.807) is 18.7 Å². The van der Waals surface area contributed by atoms with E-state index < -0.39 is 18.1 Å². The van der Waals surface area contributed by atoms with Crippen LogP contribution in [0.25, 0.3) is 0 Å². The summed E-state index contributed by atoms with van der Waals surface area (Å²) in [4.78, 5) is 41.4. The summed E-state index contributed by atoms with van der Waals surface area (Å²) in [6.07, 6.45) is 11.7. The highest BCUT2D eigenvalue weighted by Gasteiger charge is 2.50. The molecule has 1 aromatic rings. The Morgan fingerprint density at radius 3 is 2.47 bits per heavy atom. The molecule has 1 aliphatic heterocycles. The Bertz CT molecular complexity index is 876. The molecule has 38 heavy (non-hydrogen) atoms. The molecule has 1 amide bonds. The minimum atomic E-state index is -0.617. The summed E-state index contributed by atoms with van der Waals surface area (Å²) in [5.41, 5.74) is 1.13. The predicted octanol–water partition coefficient (Wildman–Crippen LogP) is 5.20. The van der Waals surface area contributed by atoms with E-state index in [0.717, 1.165) is 37.7 Å². The Kier molecular flexibility index (Phi) is 12.6. The number of carbonyl (C=O) groups is 3. The summed E-state index contributed by atoms with van der Waals surface area (Å²) in [6.45, 7) is 6.47. The van der Waals surface area contributed by atoms with Crippen LogP contribution in [0.3, 0.4) is 0 Å². The van der Waals surface area contributed by atoms with Gasteiger partial charge in [-0.25, -0.2) is 4.79 Å². The number of carbonyl (C=O) groups excluding carboxylic acids is 3. The van der Waals surface area contributed by atoms with E-state index in [1.165, 1.54) is 25.7 Å². The highest BCUT2D eigenvalue weighted by molar-refractivity contribution is 5.89. The molecule has 0 aromatic heterocycles. The van der Waals surface area contributed by atoms with Gasteiger partial charge in [-0.2, -0.15) is 0 Å². The summed E-state index contributed by atoms with van der Waals surface area (Å²) in [5, 5.41) is 3.25. The molecule has 5 atom stereocenters. The number of hydrogen-bond acceptors (Lipinski definition) is 6. The Balaban J connectivity index is 1.60. The Hall–Kier alpha value is -2.41. The van der Waals surface area contributed by atoms with E-state index in [4.69, 9.17) is 9.47 Å². The quantitative estimate of drug-likeness (QED) is 0.234. The van der Waals surface area contributed by atoms with E-state index in [0.29, 0.717) is 31.8 Å². The van der Waals surface area contributed by atoms with Gasteiger partial charge in [0.2, 0.25) is 5.91 Å². The van der Waals surface area contributed by atoms with Crippen molar-refractivity contribution in [2.45, 2.75) is 122 Å². The summed E-state index contributed by atoms with van der Waals surface area (Å²) in [5.74, 6) is -0.413. The topological polar surface area (TPSA) is 84.9 Å². The first-order valence-electron chi connectivity index (χ1n) is 14.9. The molecule has 1 aliphatic carbocycles. The maximum Gasteiger partial charge on any atom is 0.328 e. The van der Waals surface area contributed by atoms with Gasteiger partial charge in [0, 0.05) is 6.04 Å². The lowest BCUT2D eigenvalue weighted by molar-refractivity contribution is -0.156. The second kappa shape index (κ2) is 15.9. The van der Waals surface area contributed by atoms with Crippen molar-refractivity contribution in [2.24, 2.45) is 5.92 Å². The van der Waals surface area contributed by atoms with Crippen molar-refractivity contribution in [2.75, 3.05) is 13.2 Å². The van der Waals surface area contributed by atoms with Gasteiger partial charge in [-0.3, -0.25) is 14.9 Å². The lowest BCUT2D eigenvalue weighted by atomic mass is 10.0. The van der Waals surface area contributed by atoms with Crippen molar-refractivity contribution in [1.82, 2.24) is 10.2 Å². The zero-order chi connectivity index (χ0) is 27.3. The SMILES string of the molecule is CCCCCCCCOC(=O)[C@H]1C[C@H]2CCC[C@H]2N1C(=O)[C@@H](C)N[C@H](CCc1ccccc1)C(=O)OCC. The number of ether oxygens (including phenoxy) is 2. The van der Waals surface area contributed by atoms with Crippen LogP contribution >= 0.6 is 0 Å². The zero-order valence-corrected chi connectivity index (χ0v) is 23.7. The average molecular weight is 529 g/mol. The first kappa shape index (κ1) is 30.1. The molecule has 1 saturated carbocycles. The van der Waals surface area contributed by atoms with Gasteiger partial charge < -0.3 is 14.4 Å². The molecule has 3 rings (SSSR count). The van der Waals surface area contributed by atoms with Gasteiger partial charge in [0.1, 0.15) is 12.1 Å². The smallest absolute Gasteiger partial charge is 0.328 e. The summed E-state index contributed by atoms with van der Waals surface area (Å²) in [6, 6.07) is 8.30. The maximum atomic E-state index is 13.8. The monoisotopic (exact) mass is 528 g/mol. The second-order valence-corrected chi connectivity index (χ2v) is 10.9. The number of rotatable bonds is 16. The molecule has 1 aromatic carbocycles. The molecule has 2 aliphatic rings. The Morgan fingerprint density at radius 2 is 1.74 bits per heavy atom.